The highest BCUT2D eigenvalue weighted by molar-refractivity contribution is 5.77. The van der Waals surface area contributed by atoms with E-state index < -0.39 is 0 Å². The van der Waals surface area contributed by atoms with Crippen molar-refractivity contribution in [2.24, 2.45) is 0 Å². The van der Waals surface area contributed by atoms with E-state index >= 15 is 0 Å². The minimum atomic E-state index is -0.261. The summed E-state index contributed by atoms with van der Waals surface area (Å²) in [5, 5.41) is 6.01. The van der Waals surface area contributed by atoms with Gasteiger partial charge in [0.1, 0.15) is 5.82 Å². The third-order valence-electron chi connectivity index (χ3n) is 2.68. The zero-order chi connectivity index (χ0) is 11.4. The molecule has 0 spiro atoms. The molecule has 1 unspecified atom stereocenters. The molecule has 0 saturated carbocycles. The van der Waals surface area contributed by atoms with Crippen LogP contribution in [0.3, 0.4) is 0 Å². The van der Waals surface area contributed by atoms with Gasteiger partial charge in [-0.1, -0.05) is 6.07 Å². The van der Waals surface area contributed by atoms with Crippen LogP contribution in [0, 0.1) is 5.82 Å². The molecule has 2 N–H and O–H groups in total. The third-order valence-corrected chi connectivity index (χ3v) is 2.68. The quantitative estimate of drug-likeness (QED) is 0.802. The summed E-state index contributed by atoms with van der Waals surface area (Å²) in [4.78, 5) is 11.3. The Morgan fingerprint density at radius 2 is 2.31 bits per heavy atom. The van der Waals surface area contributed by atoms with E-state index in [1.54, 1.807) is 6.07 Å². The average molecular weight is 222 g/mol. The number of anilines is 1. The molecule has 1 fully saturated rings. The molecule has 1 heterocycles. The van der Waals surface area contributed by atoms with Crippen LogP contribution in [0.4, 0.5) is 10.1 Å². The number of carbonyl (C=O) groups is 1. The lowest BCUT2D eigenvalue weighted by atomic mass is 10.1. The summed E-state index contributed by atoms with van der Waals surface area (Å²) < 4.78 is 13.0. The van der Waals surface area contributed by atoms with Crippen LogP contribution in [-0.4, -0.2) is 18.5 Å². The molecular formula is C12H15FN2O. The van der Waals surface area contributed by atoms with E-state index in [0.717, 1.165) is 25.1 Å². The Bertz CT molecular complexity index is 381. The van der Waals surface area contributed by atoms with Crippen LogP contribution in [0.2, 0.25) is 0 Å². The van der Waals surface area contributed by atoms with Gasteiger partial charge in [0.2, 0.25) is 5.91 Å². The molecule has 0 bridgehead atoms. The highest BCUT2D eigenvalue weighted by Crippen LogP contribution is 2.15. The molecule has 86 valence electrons. The molecule has 1 aromatic carbocycles. The summed E-state index contributed by atoms with van der Waals surface area (Å²) in [6, 6.07) is 6.43. The molecule has 1 saturated heterocycles. The normalized spacial score (nSPS) is 21.1. The van der Waals surface area contributed by atoms with E-state index in [9.17, 15) is 9.18 Å². The lowest BCUT2D eigenvalue weighted by Gasteiger charge is -2.16. The van der Waals surface area contributed by atoms with Crippen LogP contribution >= 0.6 is 0 Å². The molecule has 0 aliphatic carbocycles. The lowest BCUT2D eigenvalue weighted by Crippen LogP contribution is -2.26. The Morgan fingerprint density at radius 3 is 3.12 bits per heavy atom. The maximum atomic E-state index is 13.0. The Balaban J connectivity index is 2.00. The molecular weight excluding hydrogens is 207 g/mol. The molecule has 2 rings (SSSR count). The van der Waals surface area contributed by atoms with Crippen LogP contribution in [-0.2, 0) is 4.79 Å². The predicted molar refractivity (Wildman–Crippen MR) is 60.7 cm³/mol. The van der Waals surface area contributed by atoms with E-state index in [-0.39, 0.29) is 17.8 Å². The van der Waals surface area contributed by atoms with Crippen molar-refractivity contribution in [2.45, 2.75) is 25.3 Å². The fourth-order valence-electron chi connectivity index (χ4n) is 1.91. The number of rotatable bonds is 2. The molecule has 1 aromatic rings. The number of carbonyl (C=O) groups excluding carboxylic acids is 1. The fraction of sp³-hybridized carbons (Fsp3) is 0.417. The van der Waals surface area contributed by atoms with Gasteiger partial charge < -0.3 is 10.6 Å². The summed E-state index contributed by atoms with van der Waals surface area (Å²) in [5.41, 5.74) is 0.736. The monoisotopic (exact) mass is 222 g/mol. The summed E-state index contributed by atoms with van der Waals surface area (Å²) in [7, 11) is 0. The molecule has 0 aromatic heterocycles. The lowest BCUT2D eigenvalue weighted by molar-refractivity contribution is -0.120. The van der Waals surface area contributed by atoms with Crippen molar-refractivity contribution in [1.29, 1.82) is 0 Å². The summed E-state index contributed by atoms with van der Waals surface area (Å²) in [5.74, 6) is -0.200. The minimum Gasteiger partial charge on any atom is -0.382 e. The van der Waals surface area contributed by atoms with Crippen LogP contribution in [0.1, 0.15) is 19.3 Å². The zero-order valence-corrected chi connectivity index (χ0v) is 9.00. The van der Waals surface area contributed by atoms with Crippen molar-refractivity contribution in [3.8, 4) is 0 Å². The molecule has 3 nitrogen and oxygen atoms in total. The van der Waals surface area contributed by atoms with Crippen molar-refractivity contribution in [1.82, 2.24) is 5.32 Å². The van der Waals surface area contributed by atoms with Crippen LogP contribution in [0.5, 0.6) is 0 Å². The Kier molecular flexibility index (Phi) is 3.39. The van der Waals surface area contributed by atoms with Crippen molar-refractivity contribution in [3.05, 3.63) is 30.1 Å². The van der Waals surface area contributed by atoms with Gasteiger partial charge in [-0.25, -0.2) is 4.39 Å². The first kappa shape index (κ1) is 10.9. The SMILES string of the molecule is O=C1CC(Nc2cccc(F)c2)CCCN1. The molecule has 1 amide bonds. The van der Waals surface area contributed by atoms with Gasteiger partial charge in [-0.05, 0) is 31.0 Å². The number of benzene rings is 1. The highest BCUT2D eigenvalue weighted by Gasteiger charge is 2.16. The van der Waals surface area contributed by atoms with Gasteiger partial charge in [0.05, 0.1) is 0 Å². The third kappa shape index (κ3) is 2.95. The van der Waals surface area contributed by atoms with Gasteiger partial charge >= 0.3 is 0 Å². The van der Waals surface area contributed by atoms with Crippen molar-refractivity contribution in [2.75, 3.05) is 11.9 Å². The largest absolute Gasteiger partial charge is 0.382 e. The number of halogens is 1. The molecule has 16 heavy (non-hydrogen) atoms. The van der Waals surface area contributed by atoms with Gasteiger partial charge in [0.15, 0.2) is 0 Å². The number of hydrogen-bond donors (Lipinski definition) is 2. The van der Waals surface area contributed by atoms with Crippen LogP contribution in [0.15, 0.2) is 24.3 Å². The van der Waals surface area contributed by atoms with E-state index in [0.29, 0.717) is 6.42 Å². The number of nitrogens with one attached hydrogen (secondary N) is 2. The number of hydrogen-bond acceptors (Lipinski definition) is 2. The molecule has 1 atom stereocenters. The smallest absolute Gasteiger partial charge is 0.222 e. The van der Waals surface area contributed by atoms with E-state index in [2.05, 4.69) is 10.6 Å². The first-order valence-electron chi connectivity index (χ1n) is 5.53. The van der Waals surface area contributed by atoms with E-state index in [1.165, 1.54) is 12.1 Å². The first-order valence-corrected chi connectivity index (χ1v) is 5.53. The number of amides is 1. The molecule has 0 radical (unpaired) electrons. The van der Waals surface area contributed by atoms with Gasteiger partial charge in [0.25, 0.3) is 0 Å². The molecule has 4 heteroatoms. The van der Waals surface area contributed by atoms with E-state index in [4.69, 9.17) is 0 Å². The maximum Gasteiger partial charge on any atom is 0.222 e. The minimum absolute atomic E-state index is 0.0615. The Hall–Kier alpha value is -1.58. The second-order valence-electron chi connectivity index (χ2n) is 4.05. The highest BCUT2D eigenvalue weighted by atomic mass is 19.1. The Labute approximate surface area is 94.0 Å². The Morgan fingerprint density at radius 1 is 1.44 bits per heavy atom. The zero-order valence-electron chi connectivity index (χ0n) is 9.00. The topological polar surface area (TPSA) is 41.1 Å². The fourth-order valence-corrected chi connectivity index (χ4v) is 1.91. The maximum absolute atomic E-state index is 13.0. The summed E-state index contributed by atoms with van der Waals surface area (Å²) in [6.45, 7) is 0.736. The second-order valence-corrected chi connectivity index (χ2v) is 4.05. The van der Waals surface area contributed by atoms with Gasteiger partial charge in [-0.2, -0.15) is 0 Å². The van der Waals surface area contributed by atoms with Gasteiger partial charge in [-0.3, -0.25) is 4.79 Å². The van der Waals surface area contributed by atoms with Crippen LogP contribution in [0.25, 0.3) is 0 Å². The first-order chi connectivity index (χ1) is 7.74. The molecule has 1 aliphatic rings. The van der Waals surface area contributed by atoms with Crippen molar-refractivity contribution in [3.63, 3.8) is 0 Å². The molecule has 1 aliphatic heterocycles. The van der Waals surface area contributed by atoms with Crippen LogP contribution < -0.4 is 10.6 Å². The van der Waals surface area contributed by atoms with E-state index in [1.807, 2.05) is 6.07 Å². The summed E-state index contributed by atoms with van der Waals surface area (Å²) in [6.07, 6.45) is 2.34. The summed E-state index contributed by atoms with van der Waals surface area (Å²) >= 11 is 0. The van der Waals surface area contributed by atoms with Gasteiger partial charge in [-0.15, -0.1) is 0 Å². The van der Waals surface area contributed by atoms with Crippen molar-refractivity contribution < 1.29 is 9.18 Å². The van der Waals surface area contributed by atoms with Gasteiger partial charge in [0, 0.05) is 24.7 Å². The predicted octanol–water partition coefficient (Wildman–Crippen LogP) is 1.91. The second kappa shape index (κ2) is 4.96. The van der Waals surface area contributed by atoms with Crippen molar-refractivity contribution >= 4 is 11.6 Å². The average Bonchev–Trinajstić information content (AvgIpc) is 2.43. The standard InChI is InChI=1S/C12H15FN2O/c13-9-3-1-4-10(7-9)15-11-5-2-6-14-12(16)8-11/h1,3-4,7,11,15H,2,5-6,8H2,(H,14,16).